The van der Waals surface area contributed by atoms with Gasteiger partial charge in [-0.1, -0.05) is 12.1 Å². The first-order chi connectivity index (χ1) is 19.1. The quantitative estimate of drug-likeness (QED) is 0.375. The molecule has 40 heavy (non-hydrogen) atoms. The fourth-order valence-corrected chi connectivity index (χ4v) is 5.46. The van der Waals surface area contributed by atoms with Crippen molar-refractivity contribution in [1.29, 1.82) is 0 Å². The van der Waals surface area contributed by atoms with Crippen LogP contribution in [0.15, 0.2) is 48.9 Å². The Labute approximate surface area is 233 Å². The van der Waals surface area contributed by atoms with Crippen molar-refractivity contribution in [2.45, 2.75) is 52.7 Å². The molecule has 9 heteroatoms. The molecule has 206 valence electrons. The fourth-order valence-electron chi connectivity index (χ4n) is 5.46. The zero-order valence-electron chi connectivity index (χ0n) is 23.6. The number of rotatable bonds is 3. The first-order valence-corrected chi connectivity index (χ1v) is 13.7. The van der Waals surface area contributed by atoms with Crippen LogP contribution in [-0.2, 0) is 24.1 Å². The van der Waals surface area contributed by atoms with E-state index in [4.69, 9.17) is 4.74 Å². The van der Waals surface area contributed by atoms with E-state index < -0.39 is 17.6 Å². The number of ether oxygens (including phenoxy) is 1. The Morgan fingerprint density at radius 1 is 1.02 bits per heavy atom. The number of anilines is 2. The third-order valence-electron chi connectivity index (χ3n) is 7.53. The number of fused-ring (bicyclic) bond motifs is 3. The molecule has 1 N–H and O–H groups in total. The van der Waals surface area contributed by atoms with E-state index >= 15 is 0 Å². The fraction of sp³-hybridized carbons (Fsp3) is 0.355. The van der Waals surface area contributed by atoms with Crippen molar-refractivity contribution < 1.29 is 14.3 Å². The number of aromatic nitrogens is 3. The molecule has 9 nitrogen and oxygen atoms in total. The molecule has 1 aromatic carbocycles. The lowest BCUT2D eigenvalue weighted by molar-refractivity contribution is 0.0248. The van der Waals surface area contributed by atoms with Gasteiger partial charge < -0.3 is 15.0 Å². The average molecular weight is 539 g/mol. The summed E-state index contributed by atoms with van der Waals surface area (Å²) in [6.45, 7) is 9.50. The molecular formula is C31H34N6O3. The van der Waals surface area contributed by atoms with Crippen LogP contribution in [0, 0.1) is 6.92 Å². The molecule has 6 rings (SSSR count). The van der Waals surface area contributed by atoms with Crippen LogP contribution in [0.4, 0.5) is 16.3 Å². The van der Waals surface area contributed by atoms with Gasteiger partial charge in [-0.3, -0.25) is 4.79 Å². The van der Waals surface area contributed by atoms with Gasteiger partial charge in [0.05, 0.1) is 29.5 Å². The zero-order valence-corrected chi connectivity index (χ0v) is 23.6. The van der Waals surface area contributed by atoms with E-state index in [-0.39, 0.29) is 6.54 Å². The molecule has 3 aromatic heterocycles. The number of carbonyl (C=O) groups excluding carboxylic acids is 2. The second-order valence-electron chi connectivity index (χ2n) is 11.7. The van der Waals surface area contributed by atoms with Gasteiger partial charge in [0.1, 0.15) is 11.4 Å². The van der Waals surface area contributed by atoms with Gasteiger partial charge in [0.25, 0.3) is 5.91 Å². The molecule has 0 unspecified atom stereocenters. The predicted octanol–water partition coefficient (Wildman–Crippen LogP) is 5.37. The van der Waals surface area contributed by atoms with Gasteiger partial charge >= 0.3 is 6.09 Å². The Bertz CT molecular complexity index is 1650. The van der Waals surface area contributed by atoms with Crippen LogP contribution in [0.25, 0.3) is 16.6 Å². The summed E-state index contributed by atoms with van der Waals surface area (Å²) >= 11 is 0. The summed E-state index contributed by atoms with van der Waals surface area (Å²) in [6, 6.07) is 10.0. The van der Waals surface area contributed by atoms with E-state index in [1.165, 1.54) is 16.0 Å². The summed E-state index contributed by atoms with van der Waals surface area (Å²) in [6.07, 6.45) is 6.96. The second kappa shape index (κ2) is 9.75. The average Bonchev–Trinajstić information content (AvgIpc) is 3.41. The topological polar surface area (TPSA) is 92.1 Å². The van der Waals surface area contributed by atoms with Crippen LogP contribution in [0.2, 0.25) is 0 Å². The van der Waals surface area contributed by atoms with Gasteiger partial charge in [0.15, 0.2) is 0 Å². The highest BCUT2D eigenvalue weighted by Crippen LogP contribution is 2.40. The number of hydrogen-bond donors (Lipinski definition) is 1. The number of nitrogens with zero attached hydrogens (tertiary/aromatic N) is 5. The molecule has 0 bridgehead atoms. The van der Waals surface area contributed by atoms with Crippen molar-refractivity contribution in [2.75, 3.05) is 25.5 Å². The van der Waals surface area contributed by atoms with Gasteiger partial charge in [-0.25, -0.2) is 19.2 Å². The SMILES string of the molecule is Cc1ccc2c(-c3ccc(Nc4cc5c(cn4)CCN(C)CC5)c4c3CN(C(=O)OC(C)(C)C)C4=O)cnn2c1. The molecule has 2 amide bonds. The summed E-state index contributed by atoms with van der Waals surface area (Å²) in [5, 5.41) is 7.94. The Morgan fingerprint density at radius 2 is 1.80 bits per heavy atom. The van der Waals surface area contributed by atoms with Crippen molar-refractivity contribution in [3.8, 4) is 11.1 Å². The van der Waals surface area contributed by atoms with Crippen molar-refractivity contribution in [1.82, 2.24) is 24.4 Å². The maximum absolute atomic E-state index is 13.8. The van der Waals surface area contributed by atoms with Crippen LogP contribution < -0.4 is 5.32 Å². The standard InChI is InChI=1S/C31H34N6O3/c1-19-6-9-26-23(16-33-37(26)17-19)22-7-8-25(28-24(22)18-36(29(28)38)30(39)40-31(2,3)4)34-27-14-20-10-12-35(5)13-11-21(20)15-32-27/h6-9,14-17H,10-13,18H2,1-5H3,(H,32,34). The minimum Gasteiger partial charge on any atom is -0.443 e. The summed E-state index contributed by atoms with van der Waals surface area (Å²) in [5.74, 6) is 0.283. The van der Waals surface area contributed by atoms with Crippen molar-refractivity contribution in [3.05, 3.63) is 76.7 Å². The first-order valence-electron chi connectivity index (χ1n) is 13.7. The lowest BCUT2D eigenvalue weighted by Gasteiger charge is -2.23. The minimum atomic E-state index is -0.726. The van der Waals surface area contributed by atoms with Crippen molar-refractivity contribution in [2.24, 2.45) is 0 Å². The van der Waals surface area contributed by atoms with Gasteiger partial charge in [0.2, 0.25) is 0 Å². The van der Waals surface area contributed by atoms with Crippen LogP contribution in [0.1, 0.15) is 53.4 Å². The predicted molar refractivity (Wildman–Crippen MR) is 154 cm³/mol. The number of benzene rings is 1. The third-order valence-corrected chi connectivity index (χ3v) is 7.53. The third kappa shape index (κ3) is 4.81. The van der Waals surface area contributed by atoms with Crippen molar-refractivity contribution in [3.63, 3.8) is 0 Å². The highest BCUT2D eigenvalue weighted by atomic mass is 16.6. The van der Waals surface area contributed by atoms with Gasteiger partial charge in [-0.2, -0.15) is 5.10 Å². The number of carbonyl (C=O) groups is 2. The van der Waals surface area contributed by atoms with Crippen LogP contribution >= 0.6 is 0 Å². The number of hydrogen-bond acceptors (Lipinski definition) is 7. The van der Waals surface area contributed by atoms with Gasteiger partial charge in [0, 0.05) is 31.0 Å². The molecule has 5 heterocycles. The van der Waals surface area contributed by atoms with Crippen LogP contribution in [0.3, 0.4) is 0 Å². The molecular weight excluding hydrogens is 504 g/mol. The van der Waals surface area contributed by atoms with Crippen molar-refractivity contribution >= 4 is 29.0 Å². The molecule has 2 aliphatic heterocycles. The Balaban J connectivity index is 1.42. The summed E-state index contributed by atoms with van der Waals surface area (Å²) < 4.78 is 7.43. The van der Waals surface area contributed by atoms with E-state index in [2.05, 4.69) is 33.4 Å². The Kier molecular flexibility index (Phi) is 6.34. The number of pyridine rings is 2. The summed E-state index contributed by atoms with van der Waals surface area (Å²) in [4.78, 5) is 35.1. The van der Waals surface area contributed by atoms with E-state index in [1.807, 2.05) is 54.3 Å². The normalized spacial score (nSPS) is 15.6. The molecule has 0 fully saturated rings. The number of nitrogens with one attached hydrogen (secondary N) is 1. The van der Waals surface area contributed by atoms with E-state index in [0.29, 0.717) is 17.1 Å². The highest BCUT2D eigenvalue weighted by Gasteiger charge is 2.39. The Hall–Kier alpha value is -4.24. The zero-order chi connectivity index (χ0) is 28.2. The van der Waals surface area contributed by atoms with Gasteiger partial charge in [-0.05, 0) is 93.6 Å². The number of aryl methyl sites for hydroxylation is 1. The van der Waals surface area contributed by atoms with E-state index in [1.54, 1.807) is 20.8 Å². The van der Waals surface area contributed by atoms with Crippen LogP contribution in [0.5, 0.6) is 0 Å². The highest BCUT2D eigenvalue weighted by molar-refractivity contribution is 6.12. The Morgan fingerprint density at radius 3 is 2.58 bits per heavy atom. The molecule has 0 radical (unpaired) electrons. The lowest BCUT2D eigenvalue weighted by Crippen LogP contribution is -2.37. The lowest BCUT2D eigenvalue weighted by atomic mass is 9.96. The molecule has 4 aromatic rings. The number of likely N-dealkylation sites (N-methyl/N-ethyl adjacent to an activating group) is 1. The number of amides is 2. The summed E-state index contributed by atoms with van der Waals surface area (Å²) in [7, 11) is 2.14. The molecule has 0 atom stereocenters. The summed E-state index contributed by atoms with van der Waals surface area (Å²) in [5.41, 5.74) is 7.39. The van der Waals surface area contributed by atoms with E-state index in [0.717, 1.165) is 53.7 Å². The molecule has 0 aliphatic carbocycles. The smallest absolute Gasteiger partial charge is 0.417 e. The van der Waals surface area contributed by atoms with E-state index in [9.17, 15) is 9.59 Å². The largest absolute Gasteiger partial charge is 0.443 e. The first kappa shape index (κ1) is 26.0. The van der Waals surface area contributed by atoms with Gasteiger partial charge in [-0.15, -0.1) is 0 Å². The maximum atomic E-state index is 13.8. The molecule has 0 saturated carbocycles. The minimum absolute atomic E-state index is 0.112. The molecule has 0 spiro atoms. The second-order valence-corrected chi connectivity index (χ2v) is 11.7. The molecule has 0 saturated heterocycles. The monoisotopic (exact) mass is 538 g/mol. The van der Waals surface area contributed by atoms with Crippen LogP contribution in [-0.4, -0.2) is 62.1 Å². The molecule has 2 aliphatic rings. The number of imide groups is 1. The maximum Gasteiger partial charge on any atom is 0.417 e.